The second-order valence-electron chi connectivity index (χ2n) is 3.20. The van der Waals surface area contributed by atoms with Crippen molar-refractivity contribution in [2.24, 2.45) is 0 Å². The summed E-state index contributed by atoms with van der Waals surface area (Å²) in [5.74, 6) is 0.949. The minimum absolute atomic E-state index is 0.0822. The molecule has 3 nitrogen and oxygen atoms in total. The molecule has 0 saturated carbocycles. The molecule has 0 unspecified atom stereocenters. The highest BCUT2D eigenvalue weighted by Crippen LogP contribution is 2.53. The van der Waals surface area contributed by atoms with Crippen LogP contribution in [0.2, 0.25) is 0 Å². The molecule has 3 rings (SSSR count). The molecule has 0 bridgehead atoms. The van der Waals surface area contributed by atoms with Gasteiger partial charge in [-0.05, 0) is 0 Å². The SMILES string of the molecule is O=c1cc(O)c2c(c3ccccc13)O2. The third-order valence-electron chi connectivity index (χ3n) is 2.31. The van der Waals surface area contributed by atoms with Crippen molar-refractivity contribution in [3.05, 3.63) is 40.6 Å². The lowest BCUT2D eigenvalue weighted by molar-refractivity contribution is 0.462. The Bertz CT molecular complexity index is 602. The highest BCUT2D eigenvalue weighted by Gasteiger charge is 2.27. The largest absolute Gasteiger partial charge is 0.504 e. The fourth-order valence-corrected chi connectivity index (χ4v) is 1.59. The van der Waals surface area contributed by atoms with Crippen molar-refractivity contribution in [2.75, 3.05) is 0 Å². The molecule has 0 saturated heterocycles. The quantitative estimate of drug-likeness (QED) is 0.546. The first kappa shape index (κ1) is 7.38. The van der Waals surface area contributed by atoms with E-state index in [1.807, 2.05) is 12.1 Å². The molecular formula is C11H6O3. The predicted octanol–water partition coefficient (Wildman–Crippen LogP) is 2.01. The molecule has 0 aromatic heterocycles. The molecule has 1 aliphatic heterocycles. The van der Waals surface area contributed by atoms with Gasteiger partial charge in [0.25, 0.3) is 0 Å². The predicted molar refractivity (Wildman–Crippen MR) is 52.0 cm³/mol. The van der Waals surface area contributed by atoms with Crippen molar-refractivity contribution < 1.29 is 9.84 Å². The fraction of sp³-hybridized carbons (Fsp3) is 0. The Morgan fingerprint density at radius 2 is 1.79 bits per heavy atom. The van der Waals surface area contributed by atoms with Crippen molar-refractivity contribution in [3.63, 3.8) is 0 Å². The summed E-state index contributed by atoms with van der Waals surface area (Å²) in [6.45, 7) is 0. The number of aromatic hydroxyl groups is 1. The van der Waals surface area contributed by atoms with E-state index >= 15 is 0 Å². The number of ether oxygens (including phenoxy) is 1. The third kappa shape index (κ3) is 0.836. The van der Waals surface area contributed by atoms with E-state index in [1.165, 1.54) is 6.07 Å². The lowest BCUT2D eigenvalue weighted by Crippen LogP contribution is -1.94. The van der Waals surface area contributed by atoms with E-state index in [9.17, 15) is 9.90 Å². The molecule has 1 aliphatic rings. The minimum atomic E-state index is -0.186. The van der Waals surface area contributed by atoms with E-state index in [1.54, 1.807) is 12.1 Å². The van der Waals surface area contributed by atoms with Crippen molar-refractivity contribution in [1.82, 2.24) is 0 Å². The minimum Gasteiger partial charge on any atom is -0.504 e. The summed E-state index contributed by atoms with van der Waals surface area (Å²) in [5.41, 5.74) is -0.186. The smallest absolute Gasteiger partial charge is 0.212 e. The maximum Gasteiger partial charge on any atom is 0.212 e. The number of rotatable bonds is 0. The zero-order valence-corrected chi connectivity index (χ0v) is 7.15. The molecule has 1 N–H and O–H groups in total. The van der Waals surface area contributed by atoms with E-state index in [-0.39, 0.29) is 11.2 Å². The highest BCUT2D eigenvalue weighted by atomic mass is 16.6. The Morgan fingerprint density at radius 3 is 2.57 bits per heavy atom. The van der Waals surface area contributed by atoms with Crippen LogP contribution < -0.4 is 10.2 Å². The first-order valence-electron chi connectivity index (χ1n) is 4.24. The van der Waals surface area contributed by atoms with Gasteiger partial charge in [-0.3, -0.25) is 4.79 Å². The van der Waals surface area contributed by atoms with Gasteiger partial charge in [-0.2, -0.15) is 0 Å². The van der Waals surface area contributed by atoms with Crippen LogP contribution in [0.25, 0.3) is 10.8 Å². The van der Waals surface area contributed by atoms with Crippen molar-refractivity contribution in [1.29, 1.82) is 0 Å². The Hall–Kier alpha value is -2.03. The number of fused-ring (bicyclic) bond motifs is 3. The molecule has 2 aromatic carbocycles. The molecule has 0 radical (unpaired) electrons. The summed E-state index contributed by atoms with van der Waals surface area (Å²) in [6.07, 6.45) is 0. The molecule has 1 heterocycles. The molecule has 14 heavy (non-hydrogen) atoms. The normalized spacial score (nSPS) is 12.0. The van der Waals surface area contributed by atoms with Gasteiger partial charge in [-0.25, -0.2) is 0 Å². The molecular weight excluding hydrogens is 180 g/mol. The number of hydrogen-bond donors (Lipinski definition) is 1. The first-order valence-corrected chi connectivity index (χ1v) is 4.24. The van der Waals surface area contributed by atoms with Crippen LogP contribution >= 0.6 is 0 Å². The van der Waals surface area contributed by atoms with Gasteiger partial charge in [-0.1, -0.05) is 24.3 Å². The Morgan fingerprint density at radius 1 is 1.07 bits per heavy atom. The van der Waals surface area contributed by atoms with Gasteiger partial charge in [-0.15, -0.1) is 0 Å². The van der Waals surface area contributed by atoms with Gasteiger partial charge in [0.1, 0.15) is 0 Å². The second-order valence-corrected chi connectivity index (χ2v) is 3.20. The van der Waals surface area contributed by atoms with E-state index in [2.05, 4.69) is 0 Å². The summed E-state index contributed by atoms with van der Waals surface area (Å²) in [5, 5.41) is 10.7. The molecule has 3 heteroatoms. The molecule has 2 aromatic rings. The highest BCUT2D eigenvalue weighted by molar-refractivity contribution is 5.94. The summed E-state index contributed by atoms with van der Waals surface area (Å²) in [4.78, 5) is 11.6. The van der Waals surface area contributed by atoms with Crippen LogP contribution in [0.15, 0.2) is 35.1 Å². The molecule has 0 fully saturated rings. The Labute approximate surface area is 79.2 Å². The topological polar surface area (TPSA) is 49.8 Å². The lowest BCUT2D eigenvalue weighted by Gasteiger charge is -1.88. The van der Waals surface area contributed by atoms with Crippen LogP contribution in [0.3, 0.4) is 0 Å². The molecule has 68 valence electrons. The van der Waals surface area contributed by atoms with Gasteiger partial charge in [0, 0.05) is 16.8 Å². The van der Waals surface area contributed by atoms with Crippen LogP contribution in [0.1, 0.15) is 0 Å². The maximum atomic E-state index is 11.6. The fourth-order valence-electron chi connectivity index (χ4n) is 1.59. The number of benzene rings is 1. The monoisotopic (exact) mass is 186 g/mol. The first-order chi connectivity index (χ1) is 6.77. The summed E-state index contributed by atoms with van der Waals surface area (Å²) in [6, 6.07) is 8.34. The van der Waals surface area contributed by atoms with Gasteiger partial charge in [0.2, 0.25) is 5.75 Å². The molecule has 0 aliphatic carbocycles. The standard InChI is InChI=1S/C11H6O3/c12-8-5-9(13)11-10(14-11)7-4-2-1-3-6(7)8/h1-5,13H. The Kier molecular flexibility index (Phi) is 1.19. The van der Waals surface area contributed by atoms with Crippen LogP contribution in [0, 0.1) is 0 Å². The average molecular weight is 186 g/mol. The van der Waals surface area contributed by atoms with E-state index in [0.717, 1.165) is 5.39 Å². The van der Waals surface area contributed by atoms with E-state index in [4.69, 9.17) is 4.74 Å². The van der Waals surface area contributed by atoms with Crippen LogP contribution in [-0.4, -0.2) is 5.11 Å². The van der Waals surface area contributed by atoms with Crippen molar-refractivity contribution in [3.8, 4) is 17.2 Å². The van der Waals surface area contributed by atoms with E-state index < -0.39 is 0 Å². The van der Waals surface area contributed by atoms with Crippen LogP contribution in [0.5, 0.6) is 17.2 Å². The van der Waals surface area contributed by atoms with Gasteiger partial charge >= 0.3 is 0 Å². The second kappa shape index (κ2) is 2.26. The summed E-state index contributed by atoms with van der Waals surface area (Å²) >= 11 is 0. The Balaban J connectivity index is 2.64. The van der Waals surface area contributed by atoms with Crippen molar-refractivity contribution >= 4 is 10.8 Å². The van der Waals surface area contributed by atoms with Gasteiger partial charge in [0.05, 0.1) is 0 Å². The van der Waals surface area contributed by atoms with Crippen LogP contribution in [0.4, 0.5) is 0 Å². The average Bonchev–Trinajstić information content (AvgIpc) is 2.96. The summed E-state index contributed by atoms with van der Waals surface area (Å²) in [7, 11) is 0. The number of hydrogen-bond acceptors (Lipinski definition) is 3. The lowest BCUT2D eigenvalue weighted by atomic mass is 10.2. The zero-order valence-electron chi connectivity index (χ0n) is 7.15. The van der Waals surface area contributed by atoms with Gasteiger partial charge < -0.3 is 9.84 Å². The maximum absolute atomic E-state index is 11.6. The molecule has 0 atom stereocenters. The van der Waals surface area contributed by atoms with Crippen molar-refractivity contribution in [2.45, 2.75) is 0 Å². The molecule has 0 amide bonds. The third-order valence-corrected chi connectivity index (χ3v) is 2.31. The van der Waals surface area contributed by atoms with Crippen LogP contribution in [-0.2, 0) is 0 Å². The zero-order chi connectivity index (χ0) is 9.71. The molecule has 0 spiro atoms. The summed E-state index contributed by atoms with van der Waals surface area (Å²) < 4.78 is 5.11. The van der Waals surface area contributed by atoms with Gasteiger partial charge in [0.15, 0.2) is 16.9 Å². The van der Waals surface area contributed by atoms with E-state index in [0.29, 0.717) is 16.9 Å².